The lowest BCUT2D eigenvalue weighted by Gasteiger charge is -2.32. The SMILES string of the molecule is Cc1ccc(-n2c(N3CCC(C(=O)NCC4CCOC4)CC3)nc3cc(Cl)c(Cl)cc32)nc1. The number of aromatic nitrogens is 3. The van der Waals surface area contributed by atoms with Gasteiger partial charge >= 0.3 is 0 Å². The van der Waals surface area contributed by atoms with Gasteiger partial charge in [-0.1, -0.05) is 29.3 Å². The fraction of sp³-hybridized carbons (Fsp3) is 0.458. The summed E-state index contributed by atoms with van der Waals surface area (Å²) in [6.45, 7) is 5.73. The number of anilines is 1. The van der Waals surface area contributed by atoms with Gasteiger partial charge in [0.15, 0.2) is 0 Å². The molecule has 1 atom stereocenters. The summed E-state index contributed by atoms with van der Waals surface area (Å²) in [7, 11) is 0. The van der Waals surface area contributed by atoms with Crippen LogP contribution in [0.2, 0.25) is 10.0 Å². The number of hydrogen-bond acceptors (Lipinski definition) is 5. The highest BCUT2D eigenvalue weighted by atomic mass is 35.5. The number of nitrogens with one attached hydrogen (secondary N) is 1. The van der Waals surface area contributed by atoms with Gasteiger partial charge in [0, 0.05) is 44.3 Å². The van der Waals surface area contributed by atoms with Gasteiger partial charge in [0.1, 0.15) is 5.82 Å². The van der Waals surface area contributed by atoms with E-state index < -0.39 is 0 Å². The molecule has 3 aromatic rings. The topological polar surface area (TPSA) is 72.3 Å². The zero-order chi connectivity index (χ0) is 22.9. The first-order valence-corrected chi connectivity index (χ1v) is 12.2. The Kier molecular flexibility index (Phi) is 6.45. The molecule has 1 unspecified atom stereocenters. The number of aryl methyl sites for hydroxylation is 1. The molecule has 9 heteroatoms. The number of nitrogens with zero attached hydrogens (tertiary/aromatic N) is 4. The molecule has 33 heavy (non-hydrogen) atoms. The van der Waals surface area contributed by atoms with E-state index in [4.69, 9.17) is 32.9 Å². The van der Waals surface area contributed by atoms with E-state index in [1.807, 2.05) is 35.9 Å². The predicted octanol–water partition coefficient (Wildman–Crippen LogP) is 4.40. The number of halogens is 2. The summed E-state index contributed by atoms with van der Waals surface area (Å²) in [5.74, 6) is 2.17. The van der Waals surface area contributed by atoms with Crippen molar-refractivity contribution < 1.29 is 9.53 Å². The maximum atomic E-state index is 12.7. The highest BCUT2D eigenvalue weighted by Gasteiger charge is 2.29. The van der Waals surface area contributed by atoms with Crippen LogP contribution < -0.4 is 10.2 Å². The molecule has 2 fully saturated rings. The molecular weight excluding hydrogens is 461 g/mol. The molecule has 1 aromatic carbocycles. The van der Waals surface area contributed by atoms with E-state index in [0.29, 0.717) is 22.5 Å². The first-order chi connectivity index (χ1) is 16.0. The third kappa shape index (κ3) is 4.67. The number of amides is 1. The number of fused-ring (bicyclic) bond motifs is 1. The molecule has 1 N–H and O–H groups in total. The monoisotopic (exact) mass is 487 g/mol. The van der Waals surface area contributed by atoms with Crippen molar-refractivity contribution in [3.8, 4) is 5.82 Å². The van der Waals surface area contributed by atoms with Gasteiger partial charge < -0.3 is 15.0 Å². The van der Waals surface area contributed by atoms with Gasteiger partial charge in [-0.05, 0) is 49.9 Å². The lowest BCUT2D eigenvalue weighted by Crippen LogP contribution is -2.42. The number of carbonyl (C=O) groups excluding carboxylic acids is 1. The lowest BCUT2D eigenvalue weighted by molar-refractivity contribution is -0.125. The maximum Gasteiger partial charge on any atom is 0.223 e. The Hall–Kier alpha value is -2.35. The number of benzene rings is 1. The van der Waals surface area contributed by atoms with Crippen LogP contribution in [0.15, 0.2) is 30.5 Å². The van der Waals surface area contributed by atoms with Crippen LogP contribution in [0.3, 0.4) is 0 Å². The largest absolute Gasteiger partial charge is 0.381 e. The van der Waals surface area contributed by atoms with Crippen LogP contribution in [0.1, 0.15) is 24.8 Å². The van der Waals surface area contributed by atoms with E-state index in [2.05, 4.69) is 15.2 Å². The first-order valence-electron chi connectivity index (χ1n) is 11.4. The lowest BCUT2D eigenvalue weighted by atomic mass is 9.96. The van der Waals surface area contributed by atoms with Crippen LogP contribution in [-0.2, 0) is 9.53 Å². The molecule has 0 radical (unpaired) electrons. The van der Waals surface area contributed by atoms with Gasteiger partial charge in [-0.15, -0.1) is 0 Å². The minimum absolute atomic E-state index is 0.0165. The Morgan fingerprint density at radius 2 is 1.97 bits per heavy atom. The van der Waals surface area contributed by atoms with Gasteiger partial charge in [-0.2, -0.15) is 0 Å². The zero-order valence-corrected chi connectivity index (χ0v) is 20.1. The summed E-state index contributed by atoms with van der Waals surface area (Å²) < 4.78 is 7.43. The summed E-state index contributed by atoms with van der Waals surface area (Å²) in [4.78, 5) is 24.4. The normalized spacial score (nSPS) is 19.4. The molecular formula is C24H27Cl2N5O2. The highest BCUT2D eigenvalue weighted by molar-refractivity contribution is 6.42. The first kappa shape index (κ1) is 22.4. The minimum atomic E-state index is 0.0165. The molecule has 4 heterocycles. The van der Waals surface area contributed by atoms with Crippen molar-refractivity contribution in [3.05, 3.63) is 46.1 Å². The van der Waals surface area contributed by atoms with Crippen LogP contribution in [0.5, 0.6) is 0 Å². The van der Waals surface area contributed by atoms with Crippen molar-refractivity contribution in [1.29, 1.82) is 0 Å². The van der Waals surface area contributed by atoms with Crippen LogP contribution in [0.25, 0.3) is 16.9 Å². The molecule has 174 valence electrons. The Labute approximate surface area is 203 Å². The Morgan fingerprint density at radius 1 is 1.18 bits per heavy atom. The number of ether oxygens (including phenoxy) is 1. The second-order valence-electron chi connectivity index (χ2n) is 8.93. The quantitative estimate of drug-likeness (QED) is 0.577. The van der Waals surface area contributed by atoms with Crippen molar-refractivity contribution in [3.63, 3.8) is 0 Å². The number of carbonyl (C=O) groups is 1. The fourth-order valence-electron chi connectivity index (χ4n) is 4.57. The maximum absolute atomic E-state index is 12.7. The summed E-state index contributed by atoms with van der Waals surface area (Å²) in [5.41, 5.74) is 2.71. The Morgan fingerprint density at radius 3 is 2.67 bits per heavy atom. The van der Waals surface area contributed by atoms with Crippen LogP contribution in [-0.4, -0.2) is 53.3 Å². The summed E-state index contributed by atoms with van der Waals surface area (Å²) >= 11 is 12.6. The predicted molar refractivity (Wildman–Crippen MR) is 130 cm³/mol. The average molecular weight is 488 g/mol. The third-order valence-electron chi connectivity index (χ3n) is 6.54. The number of hydrogen-bond donors (Lipinski definition) is 1. The number of imidazole rings is 1. The van der Waals surface area contributed by atoms with Gasteiger partial charge in [-0.25, -0.2) is 9.97 Å². The summed E-state index contributed by atoms with van der Waals surface area (Å²) in [6, 6.07) is 7.64. The van der Waals surface area contributed by atoms with Crippen LogP contribution >= 0.6 is 23.2 Å². The molecule has 0 bridgehead atoms. The Bertz CT molecular complexity index is 1150. The molecule has 2 aromatic heterocycles. The zero-order valence-electron chi connectivity index (χ0n) is 18.6. The molecule has 2 saturated heterocycles. The Balaban J connectivity index is 1.37. The molecule has 7 nitrogen and oxygen atoms in total. The molecule has 0 spiro atoms. The minimum Gasteiger partial charge on any atom is -0.381 e. The molecule has 0 saturated carbocycles. The second-order valence-corrected chi connectivity index (χ2v) is 9.75. The summed E-state index contributed by atoms with van der Waals surface area (Å²) in [6.07, 6.45) is 4.42. The highest BCUT2D eigenvalue weighted by Crippen LogP contribution is 2.34. The fourth-order valence-corrected chi connectivity index (χ4v) is 4.88. The molecule has 1 amide bonds. The molecule has 0 aliphatic carbocycles. The average Bonchev–Trinajstić information content (AvgIpc) is 3.47. The number of piperidine rings is 1. The number of rotatable bonds is 5. The molecule has 5 rings (SSSR count). The van der Waals surface area contributed by atoms with Crippen molar-refractivity contribution in [2.45, 2.75) is 26.2 Å². The van der Waals surface area contributed by atoms with Gasteiger partial charge in [-0.3, -0.25) is 9.36 Å². The smallest absolute Gasteiger partial charge is 0.223 e. The number of pyridine rings is 1. The molecule has 2 aliphatic heterocycles. The van der Waals surface area contributed by atoms with Crippen molar-refractivity contribution in [2.24, 2.45) is 11.8 Å². The van der Waals surface area contributed by atoms with Crippen LogP contribution in [0.4, 0.5) is 5.95 Å². The summed E-state index contributed by atoms with van der Waals surface area (Å²) in [5, 5.41) is 4.08. The van der Waals surface area contributed by atoms with Gasteiger partial charge in [0.25, 0.3) is 0 Å². The van der Waals surface area contributed by atoms with Crippen molar-refractivity contribution in [2.75, 3.05) is 37.7 Å². The van der Waals surface area contributed by atoms with Gasteiger partial charge in [0.05, 0.1) is 27.7 Å². The van der Waals surface area contributed by atoms with Crippen molar-refractivity contribution >= 4 is 46.1 Å². The van der Waals surface area contributed by atoms with Crippen molar-refractivity contribution in [1.82, 2.24) is 19.9 Å². The van der Waals surface area contributed by atoms with Crippen LogP contribution in [0, 0.1) is 18.8 Å². The van der Waals surface area contributed by atoms with E-state index in [1.54, 1.807) is 6.07 Å². The second kappa shape index (κ2) is 9.49. The molecule has 2 aliphatic rings. The standard InChI is InChI=1S/C24H27Cl2N5O2/c1-15-2-3-22(27-12-15)31-21-11-19(26)18(25)10-20(21)29-24(31)30-7-4-17(5-8-30)23(32)28-13-16-6-9-33-14-16/h2-3,10-12,16-17H,4-9,13-14H2,1H3,(H,28,32). The van der Waals surface area contributed by atoms with E-state index in [1.165, 1.54) is 0 Å². The van der Waals surface area contributed by atoms with Gasteiger partial charge in [0.2, 0.25) is 11.9 Å². The van der Waals surface area contributed by atoms with E-state index in [0.717, 1.165) is 73.9 Å². The van der Waals surface area contributed by atoms with E-state index in [9.17, 15) is 4.79 Å². The van der Waals surface area contributed by atoms with E-state index in [-0.39, 0.29) is 11.8 Å². The van der Waals surface area contributed by atoms with E-state index >= 15 is 0 Å². The third-order valence-corrected chi connectivity index (χ3v) is 7.26.